The largest absolute Gasteiger partial charge is 0.477 e. The molecule has 0 unspecified atom stereocenters. The molecule has 0 bridgehead atoms. The van der Waals surface area contributed by atoms with E-state index in [2.05, 4.69) is 0 Å². The molecule has 2 heterocycles. The summed E-state index contributed by atoms with van der Waals surface area (Å²) in [4.78, 5) is 25.0. The number of rotatable bonds is 2. The summed E-state index contributed by atoms with van der Waals surface area (Å²) >= 11 is 0. The van der Waals surface area contributed by atoms with E-state index in [0.717, 1.165) is 23.5 Å². The molecule has 0 spiro atoms. The van der Waals surface area contributed by atoms with Gasteiger partial charge in [0.25, 0.3) is 0 Å². The summed E-state index contributed by atoms with van der Waals surface area (Å²) in [7, 11) is 1.35. The predicted molar refractivity (Wildman–Crippen MR) is 81.9 cm³/mol. The van der Waals surface area contributed by atoms with Crippen LogP contribution in [0.25, 0.3) is 10.9 Å². The molecule has 0 saturated carbocycles. The Hall–Kier alpha value is -2.64. The summed E-state index contributed by atoms with van der Waals surface area (Å²) in [5.41, 5.74) is 3.59. The Morgan fingerprint density at radius 1 is 1.30 bits per heavy atom. The molecule has 6 nitrogen and oxygen atoms in total. The minimum absolute atomic E-state index is 0.194. The average molecular weight is 323 g/mol. The van der Waals surface area contributed by atoms with Crippen LogP contribution in [-0.4, -0.2) is 28.7 Å². The highest BCUT2D eigenvalue weighted by Crippen LogP contribution is 2.32. The lowest BCUT2D eigenvalue weighted by Gasteiger charge is -2.21. The first-order chi connectivity index (χ1) is 10.8. The smallest absolute Gasteiger partial charge is 0.343 e. The molecule has 1 aromatic heterocycles. The third-order valence-electron chi connectivity index (χ3n) is 4.23. The molecule has 2 aromatic rings. The third-order valence-corrected chi connectivity index (χ3v) is 4.23. The van der Waals surface area contributed by atoms with Gasteiger partial charge in [-0.1, -0.05) is 0 Å². The van der Waals surface area contributed by atoms with Crippen molar-refractivity contribution in [2.75, 3.05) is 23.7 Å². The van der Waals surface area contributed by atoms with Gasteiger partial charge in [0.1, 0.15) is 22.9 Å². The molecule has 122 valence electrons. The van der Waals surface area contributed by atoms with Crippen LogP contribution in [0.3, 0.4) is 0 Å². The normalized spacial score (nSPS) is 14.7. The van der Waals surface area contributed by atoms with Gasteiger partial charge in [0.05, 0.1) is 10.9 Å². The van der Waals surface area contributed by atoms with Crippen LogP contribution < -0.4 is 16.1 Å². The SMILES string of the molecule is Cn1c(N)c(C(=O)O)c(=O)c2cc(F)c(N3CCCC3)c(F)c21. The number of hydrogen-bond donors (Lipinski definition) is 2. The summed E-state index contributed by atoms with van der Waals surface area (Å²) < 4.78 is 30.3. The second-order valence-corrected chi connectivity index (χ2v) is 5.56. The van der Waals surface area contributed by atoms with Gasteiger partial charge in [0, 0.05) is 20.1 Å². The number of aromatic nitrogens is 1. The van der Waals surface area contributed by atoms with Gasteiger partial charge in [-0.25, -0.2) is 13.6 Å². The zero-order chi connectivity index (χ0) is 16.9. The molecule has 1 aromatic carbocycles. The second kappa shape index (κ2) is 5.22. The monoisotopic (exact) mass is 323 g/mol. The average Bonchev–Trinajstić information content (AvgIpc) is 2.98. The van der Waals surface area contributed by atoms with Crippen molar-refractivity contribution >= 4 is 28.4 Å². The number of hydrogen-bond acceptors (Lipinski definition) is 4. The summed E-state index contributed by atoms with van der Waals surface area (Å²) in [5.74, 6) is -3.68. The van der Waals surface area contributed by atoms with Gasteiger partial charge in [-0.05, 0) is 18.9 Å². The van der Waals surface area contributed by atoms with E-state index in [4.69, 9.17) is 10.8 Å². The quantitative estimate of drug-likeness (QED) is 0.878. The van der Waals surface area contributed by atoms with E-state index in [0.29, 0.717) is 13.1 Å². The van der Waals surface area contributed by atoms with E-state index < -0.39 is 28.6 Å². The minimum Gasteiger partial charge on any atom is -0.477 e. The van der Waals surface area contributed by atoms with Crippen molar-refractivity contribution < 1.29 is 18.7 Å². The Balaban J connectivity index is 2.43. The molecule has 1 aliphatic heterocycles. The van der Waals surface area contributed by atoms with Gasteiger partial charge in [-0.2, -0.15) is 0 Å². The van der Waals surface area contributed by atoms with Crippen LogP contribution in [0.1, 0.15) is 23.2 Å². The number of benzene rings is 1. The first-order valence-corrected chi connectivity index (χ1v) is 7.13. The Morgan fingerprint density at radius 3 is 2.48 bits per heavy atom. The van der Waals surface area contributed by atoms with Gasteiger partial charge < -0.3 is 20.3 Å². The van der Waals surface area contributed by atoms with Crippen molar-refractivity contribution in [3.05, 3.63) is 33.5 Å². The number of carbonyl (C=O) groups is 1. The molecule has 0 aliphatic carbocycles. The lowest BCUT2D eigenvalue weighted by molar-refractivity contribution is 0.0696. The van der Waals surface area contributed by atoms with Crippen molar-refractivity contribution in [1.29, 1.82) is 0 Å². The summed E-state index contributed by atoms with van der Waals surface area (Å²) in [6, 6.07) is 0.889. The highest BCUT2D eigenvalue weighted by Gasteiger charge is 2.27. The molecule has 23 heavy (non-hydrogen) atoms. The summed E-state index contributed by atoms with van der Waals surface area (Å²) in [6.45, 7) is 1.05. The van der Waals surface area contributed by atoms with Gasteiger partial charge in [-0.3, -0.25) is 4.79 Å². The number of fused-ring (bicyclic) bond motifs is 1. The fraction of sp³-hybridized carbons (Fsp3) is 0.333. The van der Waals surface area contributed by atoms with Crippen LogP contribution in [0, 0.1) is 11.6 Å². The maximum Gasteiger partial charge on any atom is 0.343 e. The molecule has 1 fully saturated rings. The van der Waals surface area contributed by atoms with E-state index in [-0.39, 0.29) is 22.4 Å². The fourth-order valence-corrected chi connectivity index (χ4v) is 3.08. The number of nitrogens with zero attached hydrogens (tertiary/aromatic N) is 2. The number of carboxylic acid groups (broad SMARTS) is 1. The first kappa shape index (κ1) is 15.3. The molecule has 0 amide bonds. The number of nitrogens with two attached hydrogens (primary N) is 1. The van der Waals surface area contributed by atoms with E-state index in [1.54, 1.807) is 4.90 Å². The molecule has 3 N–H and O–H groups in total. The molecule has 1 saturated heterocycles. The van der Waals surface area contributed by atoms with E-state index in [9.17, 15) is 18.4 Å². The molecule has 0 radical (unpaired) electrons. The van der Waals surface area contributed by atoms with E-state index >= 15 is 0 Å². The van der Waals surface area contributed by atoms with Crippen molar-refractivity contribution in [3.8, 4) is 0 Å². The summed E-state index contributed by atoms with van der Waals surface area (Å²) in [5, 5.41) is 8.77. The molecule has 8 heteroatoms. The van der Waals surface area contributed by atoms with Gasteiger partial charge in [0.15, 0.2) is 5.82 Å². The van der Waals surface area contributed by atoms with Crippen molar-refractivity contribution in [3.63, 3.8) is 0 Å². The highest BCUT2D eigenvalue weighted by atomic mass is 19.1. The minimum atomic E-state index is -1.53. The highest BCUT2D eigenvalue weighted by molar-refractivity contribution is 5.98. The molecule has 3 rings (SSSR count). The molecule has 1 aliphatic rings. The first-order valence-electron chi connectivity index (χ1n) is 7.13. The zero-order valence-electron chi connectivity index (χ0n) is 12.4. The van der Waals surface area contributed by atoms with Crippen LogP contribution in [0.2, 0.25) is 0 Å². The number of pyridine rings is 1. The standard InChI is InChI=1S/C15H15F2N3O3/c1-19-11-7(13(21)9(14(19)18)15(22)23)6-8(16)12(10(11)17)20-4-2-3-5-20/h6H,2-5,18H2,1H3,(H,22,23). The maximum atomic E-state index is 14.9. The Labute approximate surface area is 129 Å². The van der Waals surface area contributed by atoms with Crippen LogP contribution in [0.5, 0.6) is 0 Å². The Bertz CT molecular complexity index is 886. The van der Waals surface area contributed by atoms with E-state index in [1.807, 2.05) is 0 Å². The maximum absolute atomic E-state index is 14.9. The topological polar surface area (TPSA) is 88.6 Å². The number of carboxylic acids is 1. The Morgan fingerprint density at radius 2 is 1.91 bits per heavy atom. The predicted octanol–water partition coefficient (Wildman–Crippen LogP) is 1.70. The van der Waals surface area contributed by atoms with Gasteiger partial charge in [0.2, 0.25) is 5.43 Å². The zero-order valence-corrected chi connectivity index (χ0v) is 12.4. The van der Waals surface area contributed by atoms with Crippen LogP contribution in [0.15, 0.2) is 10.9 Å². The van der Waals surface area contributed by atoms with Crippen LogP contribution >= 0.6 is 0 Å². The van der Waals surface area contributed by atoms with Crippen molar-refractivity contribution in [1.82, 2.24) is 4.57 Å². The van der Waals surface area contributed by atoms with Gasteiger partial charge >= 0.3 is 5.97 Å². The molecular formula is C15H15F2N3O3. The lowest BCUT2D eigenvalue weighted by atomic mass is 10.1. The third kappa shape index (κ3) is 2.13. The number of nitrogen functional groups attached to an aromatic ring is 1. The van der Waals surface area contributed by atoms with Crippen molar-refractivity contribution in [2.24, 2.45) is 7.05 Å². The summed E-state index contributed by atoms with van der Waals surface area (Å²) in [6.07, 6.45) is 1.66. The van der Waals surface area contributed by atoms with E-state index in [1.165, 1.54) is 7.05 Å². The molecular weight excluding hydrogens is 308 g/mol. The number of halogens is 2. The lowest BCUT2D eigenvalue weighted by Crippen LogP contribution is -2.25. The van der Waals surface area contributed by atoms with Crippen LogP contribution in [0.4, 0.5) is 20.3 Å². The molecule has 0 atom stereocenters. The Kier molecular flexibility index (Phi) is 3.46. The van der Waals surface area contributed by atoms with Gasteiger partial charge in [-0.15, -0.1) is 0 Å². The fourth-order valence-electron chi connectivity index (χ4n) is 3.08. The second-order valence-electron chi connectivity index (χ2n) is 5.56. The number of aryl methyl sites for hydroxylation is 1. The van der Waals surface area contributed by atoms with Crippen LogP contribution in [-0.2, 0) is 7.05 Å². The number of anilines is 2. The van der Waals surface area contributed by atoms with Crippen molar-refractivity contribution in [2.45, 2.75) is 12.8 Å². The number of aromatic carboxylic acids is 1.